The molecule has 0 spiro atoms. The molecule has 5 aliphatic rings. The van der Waals surface area contributed by atoms with E-state index in [9.17, 15) is 28.8 Å². The van der Waals surface area contributed by atoms with E-state index in [1.807, 2.05) is 56.9 Å². The highest BCUT2D eigenvalue weighted by molar-refractivity contribution is 6.38. The Morgan fingerprint density at radius 2 is 1.62 bits per heavy atom. The van der Waals surface area contributed by atoms with Crippen molar-refractivity contribution in [3.8, 4) is 0 Å². The lowest BCUT2D eigenvalue weighted by molar-refractivity contribution is -0.144. The molecule has 2 aliphatic carbocycles. The van der Waals surface area contributed by atoms with Crippen LogP contribution in [0.4, 0.5) is 9.59 Å². The molecule has 0 aromatic heterocycles. The smallest absolute Gasteiger partial charge is 0.410 e. The summed E-state index contributed by atoms with van der Waals surface area (Å²) >= 11 is 0. The van der Waals surface area contributed by atoms with Gasteiger partial charge in [0.25, 0.3) is 5.91 Å². The summed E-state index contributed by atoms with van der Waals surface area (Å²) in [7, 11) is 0. The van der Waals surface area contributed by atoms with Crippen LogP contribution in [-0.4, -0.2) is 119 Å². The van der Waals surface area contributed by atoms with Gasteiger partial charge in [0.1, 0.15) is 18.2 Å². The normalized spacial score (nSPS) is 23.3. The van der Waals surface area contributed by atoms with Crippen LogP contribution in [0.25, 0.3) is 0 Å². The van der Waals surface area contributed by atoms with Gasteiger partial charge in [0, 0.05) is 45.6 Å². The number of Topliss-reactive ketones (excluding diaryl/α,β-unsaturated/α-hetero) is 1. The van der Waals surface area contributed by atoms with Crippen molar-refractivity contribution in [3.05, 3.63) is 48.0 Å². The van der Waals surface area contributed by atoms with Crippen LogP contribution in [0.15, 0.2) is 36.9 Å². The molecule has 64 heavy (non-hydrogen) atoms. The van der Waals surface area contributed by atoms with Gasteiger partial charge in [0.15, 0.2) is 0 Å². The molecule has 3 heterocycles. The predicted octanol–water partition coefficient (Wildman–Crippen LogP) is 5.40. The number of fused-ring (bicyclic) bond motifs is 1. The second-order valence-corrected chi connectivity index (χ2v) is 21.3. The fourth-order valence-electron chi connectivity index (χ4n) is 10.0. The van der Waals surface area contributed by atoms with Crippen molar-refractivity contribution in [2.24, 2.45) is 22.2 Å². The molecular weight excluding hydrogens is 815 g/mol. The Bertz CT molecular complexity index is 1920. The third-order valence-corrected chi connectivity index (χ3v) is 14.6. The van der Waals surface area contributed by atoms with Crippen LogP contribution >= 0.6 is 0 Å². The minimum absolute atomic E-state index is 0.0386. The molecule has 352 valence electrons. The molecule has 1 aromatic carbocycles. The lowest BCUT2D eigenvalue weighted by Gasteiger charge is -2.43. The highest BCUT2D eigenvalue weighted by atomic mass is 16.6. The van der Waals surface area contributed by atoms with Gasteiger partial charge in [-0.05, 0) is 65.4 Å². The Morgan fingerprint density at radius 1 is 0.922 bits per heavy atom. The number of urea groups is 1. The van der Waals surface area contributed by atoms with Gasteiger partial charge >= 0.3 is 12.1 Å². The summed E-state index contributed by atoms with van der Waals surface area (Å²) in [6.45, 7) is 17.5. The fourth-order valence-corrected chi connectivity index (χ4v) is 10.0. The molecule has 15 heteroatoms. The van der Waals surface area contributed by atoms with Gasteiger partial charge < -0.3 is 40.7 Å². The maximum atomic E-state index is 15.3. The van der Waals surface area contributed by atoms with Crippen LogP contribution in [0.5, 0.6) is 0 Å². The first-order valence-corrected chi connectivity index (χ1v) is 23.7. The molecule has 15 nitrogen and oxygen atoms in total. The highest BCUT2D eigenvalue weighted by Crippen LogP contribution is 2.41. The minimum Gasteiger partial charge on any atom is -0.444 e. The number of carbonyl (C=O) groups excluding carboxylic acids is 7. The first-order valence-electron chi connectivity index (χ1n) is 23.7. The summed E-state index contributed by atoms with van der Waals surface area (Å²) in [6, 6.07) is 3.57. The fraction of sp³-hybridized carbons (Fsp3) is 0.694. The van der Waals surface area contributed by atoms with Crippen molar-refractivity contribution in [1.29, 1.82) is 0 Å². The van der Waals surface area contributed by atoms with E-state index < -0.39 is 76.7 Å². The average Bonchev–Trinajstić information content (AvgIpc) is 3.66. The van der Waals surface area contributed by atoms with Crippen LogP contribution in [0.1, 0.15) is 130 Å². The van der Waals surface area contributed by atoms with Crippen LogP contribution in [0.3, 0.4) is 0 Å². The van der Waals surface area contributed by atoms with Gasteiger partial charge in [0.2, 0.25) is 23.5 Å². The summed E-state index contributed by atoms with van der Waals surface area (Å²) < 4.78 is 6.11. The third-order valence-electron chi connectivity index (χ3n) is 14.6. The molecule has 0 radical (unpaired) electrons. The van der Waals surface area contributed by atoms with E-state index in [0.717, 1.165) is 50.5 Å². The van der Waals surface area contributed by atoms with Crippen LogP contribution in [0.2, 0.25) is 0 Å². The Labute approximate surface area is 379 Å². The molecule has 1 aromatic rings. The maximum absolute atomic E-state index is 15.3. The van der Waals surface area contributed by atoms with Crippen LogP contribution in [-0.2, 0) is 41.7 Å². The SMILES string of the molecule is C=CCNC(=O)C(=O)C(CC1CCC1)NC(=O)[C@@H]1C[C@@H](OC(=O)N2CCc3ccccc3C2)CN1C(=O)[C@@H](NC(=O)N[C@H](CN1CCC(C)(C)CC1=O)C(C)(C)C)C1(C)CCCCC1. The van der Waals surface area contributed by atoms with Crippen LogP contribution < -0.4 is 21.3 Å². The molecule has 3 aliphatic heterocycles. The second kappa shape index (κ2) is 20.5. The number of ketones is 1. The van der Waals surface area contributed by atoms with E-state index >= 15 is 4.79 Å². The number of piperidine rings is 1. The van der Waals surface area contributed by atoms with Crippen molar-refractivity contribution in [2.45, 2.75) is 162 Å². The van der Waals surface area contributed by atoms with Crippen molar-refractivity contribution in [1.82, 2.24) is 36.0 Å². The van der Waals surface area contributed by atoms with Gasteiger partial charge in [-0.1, -0.05) is 110 Å². The highest BCUT2D eigenvalue weighted by Gasteiger charge is 2.50. The van der Waals surface area contributed by atoms with Gasteiger partial charge in [-0.3, -0.25) is 24.0 Å². The number of nitrogens with zero attached hydrogens (tertiary/aromatic N) is 3. The second-order valence-electron chi connectivity index (χ2n) is 21.3. The van der Waals surface area contributed by atoms with Crippen LogP contribution in [0, 0.1) is 22.2 Å². The first-order chi connectivity index (χ1) is 30.3. The molecule has 5 atom stereocenters. The zero-order valence-corrected chi connectivity index (χ0v) is 39.1. The summed E-state index contributed by atoms with van der Waals surface area (Å²) in [6.07, 6.45) is 8.96. The van der Waals surface area contributed by atoms with E-state index in [1.54, 1.807) is 4.90 Å². The van der Waals surface area contributed by atoms with Gasteiger partial charge in [0.05, 0.1) is 18.6 Å². The van der Waals surface area contributed by atoms with E-state index in [4.69, 9.17) is 4.74 Å². The number of ether oxygens (including phenoxy) is 1. The predicted molar refractivity (Wildman–Crippen MR) is 243 cm³/mol. The molecule has 2 saturated carbocycles. The number of amides is 7. The molecule has 4 fully saturated rings. The number of hydrogen-bond acceptors (Lipinski definition) is 8. The van der Waals surface area contributed by atoms with Crippen molar-refractivity contribution < 1.29 is 38.3 Å². The Morgan fingerprint density at radius 3 is 2.27 bits per heavy atom. The molecule has 2 saturated heterocycles. The quantitative estimate of drug-likeness (QED) is 0.133. The van der Waals surface area contributed by atoms with E-state index in [0.29, 0.717) is 51.9 Å². The number of carbonyl (C=O) groups is 7. The lowest BCUT2D eigenvalue weighted by Crippen LogP contribution is -2.63. The molecule has 0 bridgehead atoms. The Balaban J connectivity index is 1.25. The summed E-state index contributed by atoms with van der Waals surface area (Å²) in [4.78, 5) is 103. The summed E-state index contributed by atoms with van der Waals surface area (Å²) in [5.41, 5.74) is 0.981. The zero-order chi connectivity index (χ0) is 46.4. The Kier molecular flexibility index (Phi) is 15.5. The summed E-state index contributed by atoms with van der Waals surface area (Å²) in [5.74, 6) is -2.53. The van der Waals surface area contributed by atoms with Crippen molar-refractivity contribution >= 4 is 41.5 Å². The molecule has 6 rings (SSSR count). The van der Waals surface area contributed by atoms with Crippen molar-refractivity contribution in [2.75, 3.05) is 32.7 Å². The number of nitrogens with one attached hydrogen (secondary N) is 4. The molecule has 7 amide bonds. The van der Waals surface area contributed by atoms with E-state index in [-0.39, 0.29) is 43.2 Å². The lowest BCUT2D eigenvalue weighted by atomic mass is 9.70. The largest absolute Gasteiger partial charge is 0.444 e. The third kappa shape index (κ3) is 12.0. The average molecular weight is 888 g/mol. The number of likely N-dealkylation sites (tertiary alicyclic amines) is 2. The van der Waals surface area contributed by atoms with E-state index in [2.05, 4.69) is 41.7 Å². The first kappa shape index (κ1) is 48.5. The number of rotatable bonds is 15. The van der Waals surface area contributed by atoms with Gasteiger partial charge in [-0.25, -0.2) is 9.59 Å². The molecular formula is C49H73N7O8. The van der Waals surface area contributed by atoms with Crippen molar-refractivity contribution in [3.63, 3.8) is 0 Å². The number of hydrogen-bond donors (Lipinski definition) is 4. The topological polar surface area (TPSA) is 187 Å². The van der Waals surface area contributed by atoms with Gasteiger partial charge in [-0.2, -0.15) is 0 Å². The maximum Gasteiger partial charge on any atom is 0.410 e. The molecule has 4 N–H and O–H groups in total. The molecule has 1 unspecified atom stereocenters. The van der Waals surface area contributed by atoms with Gasteiger partial charge in [-0.15, -0.1) is 6.58 Å². The standard InChI is InChI=1S/C49H73N7O8/c1-8-23-50-43(60)40(58)36(26-32-15-14-16-32)51-42(59)37-27-35(64-46(63)55-24-19-33-17-10-11-18-34(33)29-55)30-56(37)44(61)41(49(7)20-12-9-13-21-49)53-45(62)52-38(47(2,3)4)31-54-25-22-48(5,6)28-39(54)57/h8,10-11,17-18,32,35-38,41H,1,9,12-16,19-31H2,2-7H3,(H,50,60)(H,51,59)(H2,52,53,62)/t35-,36?,37+,38-,41-/m1/s1. The Hall–Kier alpha value is -4.95. The minimum atomic E-state index is -1.17. The number of benzene rings is 1. The zero-order valence-electron chi connectivity index (χ0n) is 39.1. The summed E-state index contributed by atoms with van der Waals surface area (Å²) in [5, 5.41) is 11.6. The monoisotopic (exact) mass is 888 g/mol. The van der Waals surface area contributed by atoms with E-state index in [1.165, 1.54) is 16.5 Å².